The van der Waals surface area contributed by atoms with E-state index in [-0.39, 0.29) is 0 Å². The number of rotatable bonds is 0. The standard InChI is InChI=1S/C10H17ClO/c11-9-4-1-5-10-8(7-9)3-2-6-12-10/h8-10H,1-7H2. The molecule has 0 aromatic rings. The number of halogens is 1. The van der Waals surface area contributed by atoms with Gasteiger partial charge >= 0.3 is 0 Å². The lowest BCUT2D eigenvalue weighted by atomic mass is 9.90. The van der Waals surface area contributed by atoms with Crippen LogP contribution in [-0.4, -0.2) is 18.1 Å². The van der Waals surface area contributed by atoms with Gasteiger partial charge in [0.05, 0.1) is 6.10 Å². The molecule has 2 fully saturated rings. The fraction of sp³-hybridized carbons (Fsp3) is 1.00. The van der Waals surface area contributed by atoms with Gasteiger partial charge in [-0.25, -0.2) is 0 Å². The first-order chi connectivity index (χ1) is 5.86. The minimum Gasteiger partial charge on any atom is -0.378 e. The molecule has 0 amide bonds. The molecule has 0 spiro atoms. The second-order valence-electron chi connectivity index (χ2n) is 4.08. The molecular formula is C10H17ClO. The van der Waals surface area contributed by atoms with Crippen molar-refractivity contribution in [2.75, 3.05) is 6.61 Å². The third-order valence-electron chi connectivity index (χ3n) is 3.14. The normalized spacial score (nSPS) is 43.2. The lowest BCUT2D eigenvalue weighted by Crippen LogP contribution is -2.29. The highest BCUT2D eigenvalue weighted by molar-refractivity contribution is 6.20. The van der Waals surface area contributed by atoms with Gasteiger partial charge in [-0.15, -0.1) is 11.6 Å². The smallest absolute Gasteiger partial charge is 0.0603 e. The van der Waals surface area contributed by atoms with Gasteiger partial charge in [-0.3, -0.25) is 0 Å². The van der Waals surface area contributed by atoms with Crippen LogP contribution in [0.5, 0.6) is 0 Å². The van der Waals surface area contributed by atoms with Gasteiger partial charge in [0.15, 0.2) is 0 Å². The molecule has 1 aliphatic carbocycles. The topological polar surface area (TPSA) is 9.23 Å². The summed E-state index contributed by atoms with van der Waals surface area (Å²) in [6, 6.07) is 0. The molecule has 1 heterocycles. The van der Waals surface area contributed by atoms with E-state index in [1.165, 1.54) is 38.5 Å². The molecule has 70 valence electrons. The molecule has 2 rings (SSSR count). The quantitative estimate of drug-likeness (QED) is 0.532. The number of ether oxygens (including phenoxy) is 1. The predicted octanol–water partition coefficient (Wildman–Crippen LogP) is 2.96. The molecule has 0 radical (unpaired) electrons. The van der Waals surface area contributed by atoms with Crippen molar-refractivity contribution in [1.82, 2.24) is 0 Å². The Hall–Kier alpha value is 0.250. The van der Waals surface area contributed by atoms with Crippen LogP contribution >= 0.6 is 11.6 Å². The summed E-state index contributed by atoms with van der Waals surface area (Å²) in [5, 5.41) is 0.418. The summed E-state index contributed by atoms with van der Waals surface area (Å²) in [6.07, 6.45) is 8.01. The molecule has 0 bridgehead atoms. The van der Waals surface area contributed by atoms with Gasteiger partial charge in [0.2, 0.25) is 0 Å². The third-order valence-corrected chi connectivity index (χ3v) is 3.54. The van der Waals surface area contributed by atoms with Crippen molar-refractivity contribution < 1.29 is 4.74 Å². The Balaban J connectivity index is 1.96. The molecule has 1 saturated heterocycles. The SMILES string of the molecule is ClC1CCCC2OCCCC2C1. The van der Waals surface area contributed by atoms with E-state index < -0.39 is 0 Å². The zero-order valence-corrected chi connectivity index (χ0v) is 8.22. The lowest BCUT2D eigenvalue weighted by Gasteiger charge is -2.30. The summed E-state index contributed by atoms with van der Waals surface area (Å²) >= 11 is 6.19. The van der Waals surface area contributed by atoms with Gasteiger partial charge in [0.1, 0.15) is 0 Å². The highest BCUT2D eigenvalue weighted by Crippen LogP contribution is 2.34. The van der Waals surface area contributed by atoms with E-state index in [2.05, 4.69) is 0 Å². The molecule has 3 unspecified atom stereocenters. The number of hydrogen-bond donors (Lipinski definition) is 0. The zero-order valence-electron chi connectivity index (χ0n) is 7.47. The molecule has 12 heavy (non-hydrogen) atoms. The Morgan fingerprint density at radius 2 is 2.00 bits per heavy atom. The van der Waals surface area contributed by atoms with E-state index in [1.807, 2.05) is 0 Å². The minimum absolute atomic E-state index is 0.418. The summed E-state index contributed by atoms with van der Waals surface area (Å²) < 4.78 is 5.75. The van der Waals surface area contributed by atoms with Crippen molar-refractivity contribution in [2.24, 2.45) is 5.92 Å². The van der Waals surface area contributed by atoms with E-state index in [4.69, 9.17) is 16.3 Å². The lowest BCUT2D eigenvalue weighted by molar-refractivity contribution is -0.0291. The van der Waals surface area contributed by atoms with E-state index in [0.717, 1.165) is 12.5 Å². The first-order valence-electron chi connectivity index (χ1n) is 5.12. The Morgan fingerprint density at radius 1 is 1.08 bits per heavy atom. The largest absolute Gasteiger partial charge is 0.378 e. The molecule has 2 heteroatoms. The summed E-state index contributed by atoms with van der Waals surface area (Å²) in [5.74, 6) is 0.767. The van der Waals surface area contributed by atoms with Gasteiger partial charge < -0.3 is 4.74 Å². The number of hydrogen-bond acceptors (Lipinski definition) is 1. The predicted molar refractivity (Wildman–Crippen MR) is 50.6 cm³/mol. The second-order valence-corrected chi connectivity index (χ2v) is 4.69. The average Bonchev–Trinajstić information content (AvgIpc) is 2.25. The van der Waals surface area contributed by atoms with Crippen LogP contribution in [0.4, 0.5) is 0 Å². The Labute approximate surface area is 79.4 Å². The highest BCUT2D eigenvalue weighted by Gasteiger charge is 2.30. The van der Waals surface area contributed by atoms with Gasteiger partial charge in [0, 0.05) is 12.0 Å². The first kappa shape index (κ1) is 8.83. The minimum atomic E-state index is 0.418. The molecule has 0 N–H and O–H groups in total. The summed E-state index contributed by atoms with van der Waals surface area (Å²) in [4.78, 5) is 0. The van der Waals surface area contributed by atoms with E-state index >= 15 is 0 Å². The van der Waals surface area contributed by atoms with Crippen LogP contribution in [0.3, 0.4) is 0 Å². The van der Waals surface area contributed by atoms with Crippen molar-refractivity contribution in [3.05, 3.63) is 0 Å². The zero-order chi connectivity index (χ0) is 8.39. The van der Waals surface area contributed by atoms with Crippen molar-refractivity contribution in [3.8, 4) is 0 Å². The van der Waals surface area contributed by atoms with Crippen LogP contribution in [0.25, 0.3) is 0 Å². The molecule has 1 saturated carbocycles. The average molecular weight is 189 g/mol. The molecule has 1 aliphatic heterocycles. The van der Waals surface area contributed by atoms with Gasteiger partial charge in [-0.05, 0) is 44.4 Å². The van der Waals surface area contributed by atoms with E-state index in [0.29, 0.717) is 11.5 Å². The molecule has 3 atom stereocenters. The van der Waals surface area contributed by atoms with Crippen LogP contribution in [-0.2, 0) is 4.74 Å². The molecule has 1 nitrogen and oxygen atoms in total. The molecule has 2 aliphatic rings. The Morgan fingerprint density at radius 3 is 2.92 bits per heavy atom. The van der Waals surface area contributed by atoms with E-state index in [1.54, 1.807) is 0 Å². The Bertz CT molecular complexity index is 149. The summed E-state index contributed by atoms with van der Waals surface area (Å²) in [6.45, 7) is 0.980. The van der Waals surface area contributed by atoms with Gasteiger partial charge in [-0.2, -0.15) is 0 Å². The summed E-state index contributed by atoms with van der Waals surface area (Å²) in [5.41, 5.74) is 0. The van der Waals surface area contributed by atoms with Gasteiger partial charge in [0.25, 0.3) is 0 Å². The Kier molecular flexibility index (Phi) is 2.92. The van der Waals surface area contributed by atoms with Crippen molar-refractivity contribution in [1.29, 1.82) is 0 Å². The fourth-order valence-electron chi connectivity index (χ4n) is 2.48. The first-order valence-corrected chi connectivity index (χ1v) is 5.55. The van der Waals surface area contributed by atoms with Crippen LogP contribution < -0.4 is 0 Å². The molecule has 0 aromatic heterocycles. The maximum atomic E-state index is 6.19. The summed E-state index contributed by atoms with van der Waals surface area (Å²) in [7, 11) is 0. The van der Waals surface area contributed by atoms with Crippen molar-refractivity contribution in [2.45, 2.75) is 50.0 Å². The van der Waals surface area contributed by atoms with Crippen LogP contribution in [0.1, 0.15) is 38.5 Å². The van der Waals surface area contributed by atoms with Crippen molar-refractivity contribution in [3.63, 3.8) is 0 Å². The van der Waals surface area contributed by atoms with Crippen molar-refractivity contribution >= 4 is 11.6 Å². The number of fused-ring (bicyclic) bond motifs is 1. The fourth-order valence-corrected chi connectivity index (χ4v) is 2.86. The third kappa shape index (κ3) is 1.94. The van der Waals surface area contributed by atoms with Crippen LogP contribution in [0, 0.1) is 5.92 Å². The van der Waals surface area contributed by atoms with Crippen LogP contribution in [0.15, 0.2) is 0 Å². The molecule has 0 aromatic carbocycles. The number of alkyl halides is 1. The van der Waals surface area contributed by atoms with Crippen LogP contribution in [0.2, 0.25) is 0 Å². The highest BCUT2D eigenvalue weighted by atomic mass is 35.5. The maximum absolute atomic E-state index is 6.19. The van der Waals surface area contributed by atoms with E-state index in [9.17, 15) is 0 Å². The second kappa shape index (κ2) is 3.97. The maximum Gasteiger partial charge on any atom is 0.0603 e. The monoisotopic (exact) mass is 188 g/mol. The van der Waals surface area contributed by atoms with Gasteiger partial charge in [-0.1, -0.05) is 0 Å². The molecular weight excluding hydrogens is 172 g/mol.